The first-order valence-corrected chi connectivity index (χ1v) is 8.23. The summed E-state index contributed by atoms with van der Waals surface area (Å²) in [5, 5.41) is 5.54. The van der Waals surface area contributed by atoms with Crippen LogP contribution < -0.4 is 15.4 Å². The van der Waals surface area contributed by atoms with Crippen LogP contribution in [0.3, 0.4) is 0 Å². The van der Waals surface area contributed by atoms with Crippen LogP contribution in [0, 0.1) is 5.82 Å². The van der Waals surface area contributed by atoms with E-state index in [0.717, 1.165) is 4.47 Å². The molecule has 0 spiro atoms. The maximum Gasteiger partial charge on any atom is 0.273 e. The van der Waals surface area contributed by atoms with Gasteiger partial charge in [0, 0.05) is 15.6 Å². The third kappa shape index (κ3) is 3.80. The molecule has 0 saturated carbocycles. The molecule has 1 saturated heterocycles. The predicted octanol–water partition coefficient (Wildman–Crippen LogP) is 3.51. The Morgan fingerprint density at radius 2 is 2.00 bits per heavy atom. The number of amides is 1. The van der Waals surface area contributed by atoms with Crippen molar-refractivity contribution in [2.45, 2.75) is 6.61 Å². The van der Waals surface area contributed by atoms with Gasteiger partial charge in [0.2, 0.25) is 0 Å². The largest absolute Gasteiger partial charge is 0.488 e. The number of halogens is 2. The molecule has 0 aliphatic carbocycles. The second-order valence-corrected chi connectivity index (χ2v) is 6.35. The summed E-state index contributed by atoms with van der Waals surface area (Å²) in [6, 6.07) is 11.8. The van der Waals surface area contributed by atoms with Crippen molar-refractivity contribution in [1.82, 2.24) is 10.6 Å². The second-order valence-electron chi connectivity index (χ2n) is 5.03. The molecule has 0 atom stereocenters. The lowest BCUT2D eigenvalue weighted by Crippen LogP contribution is -2.21. The van der Waals surface area contributed by atoms with Crippen LogP contribution in [0.5, 0.6) is 5.75 Å². The zero-order valence-corrected chi connectivity index (χ0v) is 14.7. The highest BCUT2D eigenvalue weighted by Crippen LogP contribution is 2.27. The minimum atomic E-state index is -0.322. The fourth-order valence-corrected chi connectivity index (χ4v) is 2.75. The van der Waals surface area contributed by atoms with E-state index in [4.69, 9.17) is 17.0 Å². The highest BCUT2D eigenvalue weighted by Gasteiger charge is 2.20. The van der Waals surface area contributed by atoms with E-state index in [9.17, 15) is 9.18 Å². The first-order valence-electron chi connectivity index (χ1n) is 7.03. The van der Waals surface area contributed by atoms with Crippen LogP contribution in [0.4, 0.5) is 4.39 Å². The summed E-state index contributed by atoms with van der Waals surface area (Å²) in [7, 11) is 0. The van der Waals surface area contributed by atoms with Crippen molar-refractivity contribution in [3.05, 3.63) is 69.6 Å². The summed E-state index contributed by atoms with van der Waals surface area (Å²) in [5.74, 6) is -0.0990. The van der Waals surface area contributed by atoms with E-state index in [1.807, 2.05) is 6.07 Å². The Morgan fingerprint density at radius 3 is 2.71 bits per heavy atom. The number of rotatable bonds is 4. The third-order valence-electron chi connectivity index (χ3n) is 3.33. The van der Waals surface area contributed by atoms with Gasteiger partial charge in [0.05, 0.1) is 0 Å². The Hall–Kier alpha value is -2.25. The first-order chi connectivity index (χ1) is 11.5. The van der Waals surface area contributed by atoms with Crippen molar-refractivity contribution in [3.8, 4) is 5.75 Å². The number of hydrogen-bond acceptors (Lipinski definition) is 3. The Balaban J connectivity index is 1.86. The van der Waals surface area contributed by atoms with Crippen LogP contribution in [-0.2, 0) is 11.4 Å². The van der Waals surface area contributed by atoms with Gasteiger partial charge in [-0.3, -0.25) is 10.1 Å². The van der Waals surface area contributed by atoms with Crippen LogP contribution in [0.25, 0.3) is 6.08 Å². The summed E-state index contributed by atoms with van der Waals surface area (Å²) in [5.41, 5.74) is 1.45. The molecule has 0 radical (unpaired) electrons. The quantitative estimate of drug-likeness (QED) is 0.602. The van der Waals surface area contributed by atoms with Gasteiger partial charge in [0.1, 0.15) is 23.9 Å². The number of ether oxygens (including phenoxy) is 1. The second kappa shape index (κ2) is 7.11. The fraction of sp³-hybridized carbons (Fsp3) is 0.0588. The molecular weight excluding hydrogens is 395 g/mol. The van der Waals surface area contributed by atoms with Gasteiger partial charge in [-0.2, -0.15) is 0 Å². The highest BCUT2D eigenvalue weighted by atomic mass is 79.9. The topological polar surface area (TPSA) is 50.4 Å². The molecular formula is C17H12BrFN2O2S. The number of carbonyl (C=O) groups is 1. The Labute approximate surface area is 151 Å². The van der Waals surface area contributed by atoms with Gasteiger partial charge in [0.15, 0.2) is 5.11 Å². The van der Waals surface area contributed by atoms with Crippen LogP contribution in [-0.4, -0.2) is 11.0 Å². The molecule has 122 valence electrons. The molecule has 0 aromatic heterocycles. The van der Waals surface area contributed by atoms with E-state index in [1.165, 1.54) is 6.07 Å². The molecule has 0 bridgehead atoms. The monoisotopic (exact) mass is 406 g/mol. The van der Waals surface area contributed by atoms with Gasteiger partial charge in [-0.25, -0.2) is 4.39 Å². The molecule has 1 aliphatic heterocycles. The average Bonchev–Trinajstić information content (AvgIpc) is 2.85. The van der Waals surface area contributed by atoms with E-state index in [-0.39, 0.29) is 23.4 Å². The van der Waals surface area contributed by atoms with Crippen LogP contribution in [0.2, 0.25) is 0 Å². The predicted molar refractivity (Wildman–Crippen MR) is 96.7 cm³/mol. The van der Waals surface area contributed by atoms with E-state index in [2.05, 4.69) is 26.6 Å². The molecule has 1 aliphatic rings. The number of hydrogen-bond donors (Lipinski definition) is 2. The van der Waals surface area contributed by atoms with Crippen LogP contribution >= 0.6 is 28.1 Å². The molecule has 24 heavy (non-hydrogen) atoms. The molecule has 1 amide bonds. The number of nitrogens with one attached hydrogen (secondary N) is 2. The van der Waals surface area contributed by atoms with Gasteiger partial charge in [-0.15, -0.1) is 0 Å². The fourth-order valence-electron chi connectivity index (χ4n) is 2.17. The number of carbonyl (C=O) groups excluding carboxylic acids is 1. The van der Waals surface area contributed by atoms with Crippen LogP contribution in [0.15, 0.2) is 52.6 Å². The summed E-state index contributed by atoms with van der Waals surface area (Å²) in [6.07, 6.45) is 1.63. The summed E-state index contributed by atoms with van der Waals surface area (Å²) in [4.78, 5) is 11.8. The summed E-state index contributed by atoms with van der Waals surface area (Å²) in [6.45, 7) is 0.0858. The third-order valence-corrected chi connectivity index (χ3v) is 4.03. The summed E-state index contributed by atoms with van der Waals surface area (Å²) < 4.78 is 20.3. The molecule has 1 fully saturated rings. The Bertz CT molecular complexity index is 854. The molecule has 1 heterocycles. The average molecular weight is 407 g/mol. The van der Waals surface area contributed by atoms with Gasteiger partial charge in [0.25, 0.3) is 5.91 Å². The van der Waals surface area contributed by atoms with Gasteiger partial charge in [-0.1, -0.05) is 34.1 Å². The summed E-state index contributed by atoms with van der Waals surface area (Å²) >= 11 is 8.30. The highest BCUT2D eigenvalue weighted by molar-refractivity contribution is 9.10. The zero-order chi connectivity index (χ0) is 17.1. The molecule has 7 heteroatoms. The van der Waals surface area contributed by atoms with Crippen molar-refractivity contribution in [2.75, 3.05) is 0 Å². The maximum absolute atomic E-state index is 13.7. The molecule has 0 unspecified atom stereocenters. The van der Waals surface area contributed by atoms with E-state index in [1.54, 1.807) is 36.4 Å². The minimum Gasteiger partial charge on any atom is -0.488 e. The molecule has 2 aromatic carbocycles. The van der Waals surface area contributed by atoms with Crippen LogP contribution in [0.1, 0.15) is 11.1 Å². The number of benzene rings is 2. The lowest BCUT2D eigenvalue weighted by Gasteiger charge is -2.11. The molecule has 4 nitrogen and oxygen atoms in total. The molecule has 3 rings (SSSR count). The van der Waals surface area contributed by atoms with Gasteiger partial charge >= 0.3 is 0 Å². The Kier molecular flexibility index (Phi) is 4.92. The van der Waals surface area contributed by atoms with E-state index >= 15 is 0 Å². The SMILES string of the molecule is O=C1NC(=S)N/C1=C\c1cc(Br)ccc1OCc1ccccc1F. The maximum atomic E-state index is 13.7. The lowest BCUT2D eigenvalue weighted by atomic mass is 10.1. The van der Waals surface area contributed by atoms with Crippen molar-refractivity contribution < 1.29 is 13.9 Å². The van der Waals surface area contributed by atoms with Crippen molar-refractivity contribution in [1.29, 1.82) is 0 Å². The zero-order valence-electron chi connectivity index (χ0n) is 12.3. The van der Waals surface area contributed by atoms with Crippen molar-refractivity contribution >= 4 is 45.2 Å². The first kappa shape index (κ1) is 16.6. The normalized spacial score (nSPS) is 15.3. The lowest BCUT2D eigenvalue weighted by molar-refractivity contribution is -0.115. The van der Waals surface area contributed by atoms with Crippen molar-refractivity contribution in [3.63, 3.8) is 0 Å². The van der Waals surface area contributed by atoms with Gasteiger partial charge in [-0.05, 0) is 42.6 Å². The molecule has 2 N–H and O–H groups in total. The smallest absolute Gasteiger partial charge is 0.273 e. The van der Waals surface area contributed by atoms with E-state index < -0.39 is 0 Å². The van der Waals surface area contributed by atoms with Crippen molar-refractivity contribution in [2.24, 2.45) is 0 Å². The Morgan fingerprint density at radius 1 is 1.21 bits per heavy atom. The van der Waals surface area contributed by atoms with E-state index in [0.29, 0.717) is 22.6 Å². The molecule has 2 aromatic rings. The number of thiocarbonyl (C=S) groups is 1. The van der Waals surface area contributed by atoms with Gasteiger partial charge < -0.3 is 10.1 Å². The minimum absolute atomic E-state index is 0.0858. The standard InChI is InChI=1S/C17H12BrFN2O2S/c18-12-5-6-15(23-9-10-3-1-2-4-13(10)19)11(7-12)8-14-16(22)21-17(24)20-14/h1-8H,9H2,(H2,20,21,22,24)/b14-8-.